The fourth-order valence-electron chi connectivity index (χ4n) is 3.61. The van der Waals surface area contributed by atoms with Crippen molar-refractivity contribution < 1.29 is 18.0 Å². The van der Waals surface area contributed by atoms with E-state index in [0.717, 1.165) is 25.0 Å². The van der Waals surface area contributed by atoms with Gasteiger partial charge in [-0.25, -0.2) is 4.98 Å². The third-order valence-corrected chi connectivity index (χ3v) is 5.46. The van der Waals surface area contributed by atoms with Gasteiger partial charge >= 0.3 is 6.18 Å². The van der Waals surface area contributed by atoms with Crippen LogP contribution >= 0.6 is 0 Å². The lowest BCUT2D eigenvalue weighted by Gasteiger charge is -2.23. The number of para-hydroxylation sites is 1. The molecule has 0 N–H and O–H groups in total. The molecule has 1 amide bonds. The molecular weight excluding hydrogens is 407 g/mol. The lowest BCUT2D eigenvalue weighted by atomic mass is 10.1. The largest absolute Gasteiger partial charge is 0.416 e. The number of aromatic nitrogens is 2. The number of hydrogen-bond donors (Lipinski definition) is 0. The molecule has 3 aromatic rings. The molecule has 2 aromatic carbocycles. The van der Waals surface area contributed by atoms with E-state index in [0.29, 0.717) is 36.0 Å². The molecule has 31 heavy (non-hydrogen) atoms. The van der Waals surface area contributed by atoms with E-state index in [1.165, 1.54) is 23.0 Å². The summed E-state index contributed by atoms with van der Waals surface area (Å²) >= 11 is 0. The molecule has 1 aliphatic rings. The number of nitrogens with zero attached hydrogens (tertiary/aromatic N) is 3. The molecule has 0 atom stereocenters. The van der Waals surface area contributed by atoms with Crippen LogP contribution in [-0.4, -0.2) is 26.4 Å². The number of hydrogen-bond acceptors (Lipinski definition) is 3. The van der Waals surface area contributed by atoms with Gasteiger partial charge in [-0.15, -0.1) is 0 Å². The molecule has 1 aliphatic carbocycles. The van der Waals surface area contributed by atoms with Crippen molar-refractivity contribution in [3.63, 3.8) is 0 Å². The first kappa shape index (κ1) is 21.1. The number of carbonyl (C=O) groups excluding carboxylic acids is 1. The number of carbonyl (C=O) groups is 1. The molecule has 1 heterocycles. The summed E-state index contributed by atoms with van der Waals surface area (Å²) in [6.45, 7) is 0.667. The Bertz CT molecular complexity index is 1140. The minimum absolute atomic E-state index is 0.0517. The van der Waals surface area contributed by atoms with Gasteiger partial charge < -0.3 is 4.90 Å². The van der Waals surface area contributed by atoms with Gasteiger partial charge in [0.05, 0.1) is 22.8 Å². The van der Waals surface area contributed by atoms with E-state index in [1.807, 2.05) is 6.07 Å². The van der Waals surface area contributed by atoms with Crippen LogP contribution in [-0.2, 0) is 24.1 Å². The monoisotopic (exact) mass is 429 g/mol. The molecule has 0 saturated heterocycles. The Labute approximate surface area is 177 Å². The van der Waals surface area contributed by atoms with Gasteiger partial charge in [0.15, 0.2) is 0 Å². The van der Waals surface area contributed by atoms with Crippen molar-refractivity contribution in [2.45, 2.75) is 51.0 Å². The third-order valence-electron chi connectivity index (χ3n) is 5.46. The van der Waals surface area contributed by atoms with Crippen LogP contribution in [0.2, 0.25) is 0 Å². The summed E-state index contributed by atoms with van der Waals surface area (Å²) in [6.07, 6.45) is -0.331. The Kier molecular flexibility index (Phi) is 5.80. The Morgan fingerprint density at radius 3 is 2.48 bits per heavy atom. The van der Waals surface area contributed by atoms with Gasteiger partial charge in [-0.2, -0.15) is 13.2 Å². The molecule has 8 heteroatoms. The molecule has 0 unspecified atom stereocenters. The first-order valence-corrected chi connectivity index (χ1v) is 10.2. The summed E-state index contributed by atoms with van der Waals surface area (Å²) in [5, 5.41) is 0.540. The van der Waals surface area contributed by atoms with E-state index < -0.39 is 11.7 Å². The predicted octanol–water partition coefficient (Wildman–Crippen LogP) is 4.39. The Balaban J connectivity index is 1.37. The molecule has 4 rings (SSSR count). The van der Waals surface area contributed by atoms with Gasteiger partial charge in [0.1, 0.15) is 0 Å². The number of fused-ring (bicyclic) bond motifs is 1. The first-order valence-electron chi connectivity index (χ1n) is 10.2. The number of rotatable bonds is 7. The molecule has 162 valence electrons. The molecule has 1 fully saturated rings. The molecule has 0 radical (unpaired) electrons. The maximum absolute atomic E-state index is 12.8. The third kappa shape index (κ3) is 4.95. The topological polar surface area (TPSA) is 55.2 Å². The fourth-order valence-corrected chi connectivity index (χ4v) is 3.61. The average Bonchev–Trinajstić information content (AvgIpc) is 3.58. The van der Waals surface area contributed by atoms with E-state index in [-0.39, 0.29) is 23.9 Å². The normalized spacial score (nSPS) is 14.0. The quantitative estimate of drug-likeness (QED) is 0.560. The van der Waals surface area contributed by atoms with Crippen molar-refractivity contribution >= 4 is 16.8 Å². The average molecular weight is 429 g/mol. The van der Waals surface area contributed by atoms with E-state index in [2.05, 4.69) is 4.98 Å². The second-order valence-electron chi connectivity index (χ2n) is 7.81. The lowest BCUT2D eigenvalue weighted by molar-refractivity contribution is -0.137. The predicted molar refractivity (Wildman–Crippen MR) is 110 cm³/mol. The van der Waals surface area contributed by atoms with Gasteiger partial charge in [0.2, 0.25) is 5.91 Å². The number of halogens is 3. The zero-order valence-electron chi connectivity index (χ0n) is 16.8. The molecule has 0 spiro atoms. The highest BCUT2D eigenvalue weighted by Crippen LogP contribution is 2.31. The zero-order chi connectivity index (χ0) is 22.0. The lowest BCUT2D eigenvalue weighted by Crippen LogP contribution is -2.32. The molecular formula is C23H22F3N3O2. The second-order valence-corrected chi connectivity index (χ2v) is 7.81. The highest BCUT2D eigenvalue weighted by molar-refractivity contribution is 5.77. The maximum atomic E-state index is 12.8. The summed E-state index contributed by atoms with van der Waals surface area (Å²) in [7, 11) is 0. The van der Waals surface area contributed by atoms with Crippen LogP contribution in [0.1, 0.15) is 36.8 Å². The highest BCUT2D eigenvalue weighted by atomic mass is 19.4. The van der Waals surface area contributed by atoms with Crippen molar-refractivity contribution in [1.29, 1.82) is 0 Å². The molecule has 5 nitrogen and oxygen atoms in total. The Hall–Kier alpha value is -3.16. The smallest absolute Gasteiger partial charge is 0.335 e. The molecule has 1 aromatic heterocycles. The number of alkyl halides is 3. The van der Waals surface area contributed by atoms with Crippen LogP contribution in [0.4, 0.5) is 13.2 Å². The minimum Gasteiger partial charge on any atom is -0.335 e. The second kappa shape index (κ2) is 8.53. The van der Waals surface area contributed by atoms with Crippen LogP contribution in [0.5, 0.6) is 0 Å². The first-order chi connectivity index (χ1) is 14.8. The standard InChI is InChI=1S/C23H22F3N3O2/c24-23(25,26)17-9-7-16(8-10-17)14-29(18-11-12-18)21(30)6-3-13-28-15-27-20-5-2-1-4-19(20)22(28)31/h1-2,4-5,7-10,15,18H,3,6,11-14H2. The van der Waals surface area contributed by atoms with Crippen LogP contribution in [0.25, 0.3) is 10.9 Å². The van der Waals surface area contributed by atoms with Crippen LogP contribution in [0, 0.1) is 0 Å². The fraction of sp³-hybridized carbons (Fsp3) is 0.348. The number of amides is 1. The van der Waals surface area contributed by atoms with E-state index in [9.17, 15) is 22.8 Å². The summed E-state index contributed by atoms with van der Waals surface area (Å²) in [5.41, 5.74) is 0.469. The zero-order valence-corrected chi connectivity index (χ0v) is 16.8. The molecule has 0 aliphatic heterocycles. The Morgan fingerprint density at radius 2 is 1.81 bits per heavy atom. The molecule has 0 bridgehead atoms. The van der Waals surface area contributed by atoms with Gasteiger partial charge in [0, 0.05) is 25.6 Å². The highest BCUT2D eigenvalue weighted by Gasteiger charge is 2.33. The Morgan fingerprint density at radius 1 is 1.10 bits per heavy atom. The van der Waals surface area contributed by atoms with Gasteiger partial charge in [0.25, 0.3) is 5.56 Å². The van der Waals surface area contributed by atoms with Crippen molar-refractivity contribution in [2.75, 3.05) is 0 Å². The van der Waals surface area contributed by atoms with E-state index >= 15 is 0 Å². The van der Waals surface area contributed by atoms with E-state index in [4.69, 9.17) is 0 Å². The number of benzene rings is 2. The van der Waals surface area contributed by atoms with Crippen LogP contribution < -0.4 is 5.56 Å². The summed E-state index contributed by atoms with van der Waals surface area (Å²) in [6, 6.07) is 12.2. The van der Waals surface area contributed by atoms with Crippen molar-refractivity contribution in [1.82, 2.24) is 14.5 Å². The van der Waals surface area contributed by atoms with Crippen molar-refractivity contribution in [2.24, 2.45) is 0 Å². The van der Waals surface area contributed by atoms with Gasteiger partial charge in [-0.05, 0) is 49.1 Å². The summed E-state index contributed by atoms with van der Waals surface area (Å²) in [4.78, 5) is 31.3. The van der Waals surface area contributed by atoms with Gasteiger partial charge in [-0.3, -0.25) is 14.2 Å². The maximum Gasteiger partial charge on any atom is 0.416 e. The van der Waals surface area contributed by atoms with E-state index in [1.54, 1.807) is 23.1 Å². The van der Waals surface area contributed by atoms with Crippen LogP contribution in [0.15, 0.2) is 59.7 Å². The number of aryl methyl sites for hydroxylation is 1. The summed E-state index contributed by atoms with van der Waals surface area (Å²) in [5.74, 6) is -0.0517. The van der Waals surface area contributed by atoms with Crippen molar-refractivity contribution in [3.8, 4) is 0 Å². The molecule has 1 saturated carbocycles. The van der Waals surface area contributed by atoms with Gasteiger partial charge in [-0.1, -0.05) is 24.3 Å². The summed E-state index contributed by atoms with van der Waals surface area (Å²) < 4.78 is 39.8. The van der Waals surface area contributed by atoms with Crippen molar-refractivity contribution in [3.05, 3.63) is 76.3 Å². The SMILES string of the molecule is O=C(CCCn1cnc2ccccc2c1=O)N(Cc1ccc(C(F)(F)F)cc1)C1CC1. The van der Waals surface area contributed by atoms with Crippen LogP contribution in [0.3, 0.4) is 0 Å². The minimum atomic E-state index is -4.37.